The van der Waals surface area contributed by atoms with Gasteiger partial charge in [0.1, 0.15) is 6.61 Å². The number of para-hydroxylation sites is 2. The van der Waals surface area contributed by atoms with E-state index in [4.69, 9.17) is 9.47 Å². The van der Waals surface area contributed by atoms with Crippen molar-refractivity contribution in [3.8, 4) is 11.5 Å². The molecule has 0 fully saturated rings. The fourth-order valence-corrected chi connectivity index (χ4v) is 4.06. The van der Waals surface area contributed by atoms with Gasteiger partial charge in [0, 0.05) is 7.05 Å². The molecular weight excluding hydrogens is 336 g/mol. The quantitative estimate of drug-likeness (QED) is 0.675. The van der Waals surface area contributed by atoms with E-state index in [2.05, 4.69) is 31.0 Å². The van der Waals surface area contributed by atoms with Crippen LogP contribution in [0.25, 0.3) is 10.2 Å². The molecule has 6 heteroatoms. The van der Waals surface area contributed by atoms with Crippen molar-refractivity contribution >= 4 is 27.5 Å². The Bertz CT molecular complexity index is 1050. The Hall–Kier alpha value is -2.60. The zero-order valence-corrected chi connectivity index (χ0v) is 15.1. The molecule has 1 aromatic heterocycles. The maximum atomic E-state index is 12.6. The number of amides is 1. The lowest BCUT2D eigenvalue weighted by Crippen LogP contribution is -2.36. The Morgan fingerprint density at radius 3 is 2.80 bits per heavy atom. The number of hydrogen-bond donors (Lipinski definition) is 0. The second-order valence-corrected chi connectivity index (χ2v) is 7.17. The van der Waals surface area contributed by atoms with E-state index in [1.807, 2.05) is 29.8 Å². The van der Waals surface area contributed by atoms with Gasteiger partial charge in [-0.3, -0.25) is 4.79 Å². The van der Waals surface area contributed by atoms with Gasteiger partial charge in [-0.05, 0) is 43.2 Å². The van der Waals surface area contributed by atoms with E-state index in [9.17, 15) is 4.79 Å². The molecule has 1 aliphatic heterocycles. The summed E-state index contributed by atoms with van der Waals surface area (Å²) >= 11 is 1.52. The molecule has 0 saturated carbocycles. The van der Waals surface area contributed by atoms with Crippen LogP contribution in [0.2, 0.25) is 0 Å². The molecule has 128 valence electrons. The summed E-state index contributed by atoms with van der Waals surface area (Å²) in [5, 5.41) is 0. The number of aryl methyl sites for hydroxylation is 3. The van der Waals surface area contributed by atoms with Gasteiger partial charge in [-0.25, -0.2) is 0 Å². The van der Waals surface area contributed by atoms with Gasteiger partial charge in [0.15, 0.2) is 16.3 Å². The number of carbonyl (C=O) groups is 1. The molecule has 0 spiro atoms. The summed E-state index contributed by atoms with van der Waals surface area (Å²) in [6.07, 6.45) is -0.719. The largest absolute Gasteiger partial charge is 0.485 e. The molecule has 0 unspecified atom stereocenters. The van der Waals surface area contributed by atoms with E-state index >= 15 is 0 Å². The van der Waals surface area contributed by atoms with Crippen molar-refractivity contribution in [3.05, 3.63) is 52.3 Å². The van der Waals surface area contributed by atoms with Crippen molar-refractivity contribution in [2.45, 2.75) is 20.0 Å². The number of rotatable bonds is 1. The average Bonchev–Trinajstić information content (AvgIpc) is 2.91. The maximum Gasteiger partial charge on any atom is 0.292 e. The van der Waals surface area contributed by atoms with Crippen molar-refractivity contribution in [1.82, 2.24) is 4.57 Å². The summed E-state index contributed by atoms with van der Waals surface area (Å²) in [6, 6.07) is 11.6. The Morgan fingerprint density at radius 1 is 1.24 bits per heavy atom. The summed E-state index contributed by atoms with van der Waals surface area (Å²) in [5.41, 5.74) is 3.47. The molecule has 1 aliphatic rings. The second-order valence-electron chi connectivity index (χ2n) is 6.19. The first kappa shape index (κ1) is 15.9. The molecule has 4 rings (SSSR count). The summed E-state index contributed by atoms with van der Waals surface area (Å²) < 4.78 is 14.5. The van der Waals surface area contributed by atoms with Crippen molar-refractivity contribution in [1.29, 1.82) is 0 Å². The highest BCUT2D eigenvalue weighted by Gasteiger charge is 2.27. The fourth-order valence-electron chi connectivity index (χ4n) is 2.98. The van der Waals surface area contributed by atoms with Gasteiger partial charge in [-0.2, -0.15) is 4.99 Å². The van der Waals surface area contributed by atoms with Gasteiger partial charge in [0.25, 0.3) is 5.91 Å². The molecular formula is C19H18N2O3S. The number of hydrogen-bond acceptors (Lipinski definition) is 4. The molecule has 0 bridgehead atoms. The zero-order valence-electron chi connectivity index (χ0n) is 14.3. The van der Waals surface area contributed by atoms with Gasteiger partial charge in [-0.1, -0.05) is 29.5 Å². The fraction of sp³-hybridized carbons (Fsp3) is 0.263. The number of thiazole rings is 1. The maximum absolute atomic E-state index is 12.6. The minimum atomic E-state index is -0.719. The first-order chi connectivity index (χ1) is 12.0. The minimum Gasteiger partial charge on any atom is -0.485 e. The van der Waals surface area contributed by atoms with E-state index in [-0.39, 0.29) is 12.5 Å². The highest BCUT2D eigenvalue weighted by atomic mass is 32.1. The lowest BCUT2D eigenvalue weighted by atomic mass is 10.1. The number of fused-ring (bicyclic) bond motifs is 2. The third kappa shape index (κ3) is 2.82. The van der Waals surface area contributed by atoms with E-state index < -0.39 is 6.10 Å². The topological polar surface area (TPSA) is 52.8 Å². The summed E-state index contributed by atoms with van der Waals surface area (Å²) in [6.45, 7) is 4.31. The van der Waals surface area contributed by atoms with Crippen LogP contribution in [0, 0.1) is 13.8 Å². The number of ether oxygens (including phenoxy) is 2. The number of carbonyl (C=O) groups excluding carboxylic acids is 1. The van der Waals surface area contributed by atoms with Crippen LogP contribution in [0.1, 0.15) is 11.1 Å². The first-order valence-corrected chi connectivity index (χ1v) is 8.88. The van der Waals surface area contributed by atoms with Crippen LogP contribution in [-0.4, -0.2) is 23.2 Å². The molecule has 5 nitrogen and oxygen atoms in total. The molecule has 0 aliphatic carbocycles. The highest BCUT2D eigenvalue weighted by Crippen LogP contribution is 2.31. The number of aromatic nitrogens is 1. The Morgan fingerprint density at radius 2 is 2.00 bits per heavy atom. The smallest absolute Gasteiger partial charge is 0.292 e. The SMILES string of the molecule is Cc1cc(C)c2sc(=NC(=O)[C@H]3COc4ccccc4O3)n(C)c2c1. The van der Waals surface area contributed by atoms with Crippen molar-refractivity contribution in [2.24, 2.45) is 12.0 Å². The normalized spacial score (nSPS) is 17.1. The molecule has 1 amide bonds. The molecule has 1 atom stereocenters. The summed E-state index contributed by atoms with van der Waals surface area (Å²) in [4.78, 5) is 17.5. The first-order valence-electron chi connectivity index (χ1n) is 8.07. The lowest BCUT2D eigenvalue weighted by Gasteiger charge is -2.23. The predicted octanol–water partition coefficient (Wildman–Crippen LogP) is 3.12. The Labute approximate surface area is 149 Å². The molecule has 0 radical (unpaired) electrons. The van der Waals surface area contributed by atoms with E-state index in [1.165, 1.54) is 22.5 Å². The van der Waals surface area contributed by atoms with Crippen LogP contribution in [0.5, 0.6) is 11.5 Å². The Balaban J connectivity index is 1.70. The Kier molecular flexibility index (Phi) is 3.84. The molecule has 0 N–H and O–H groups in total. The predicted molar refractivity (Wildman–Crippen MR) is 97.2 cm³/mol. The summed E-state index contributed by atoms with van der Waals surface area (Å²) in [5.74, 6) is 0.908. The van der Waals surface area contributed by atoms with E-state index in [0.29, 0.717) is 16.3 Å². The van der Waals surface area contributed by atoms with Gasteiger partial charge in [0.2, 0.25) is 6.10 Å². The van der Waals surface area contributed by atoms with Crippen LogP contribution in [-0.2, 0) is 11.8 Å². The molecule has 3 aromatic rings. The average molecular weight is 354 g/mol. The molecule has 25 heavy (non-hydrogen) atoms. The van der Waals surface area contributed by atoms with Crippen LogP contribution in [0.15, 0.2) is 41.4 Å². The van der Waals surface area contributed by atoms with Crippen molar-refractivity contribution < 1.29 is 14.3 Å². The minimum absolute atomic E-state index is 0.173. The highest BCUT2D eigenvalue weighted by molar-refractivity contribution is 7.16. The van der Waals surface area contributed by atoms with Gasteiger partial charge < -0.3 is 14.0 Å². The van der Waals surface area contributed by atoms with Crippen LogP contribution in [0.3, 0.4) is 0 Å². The van der Waals surface area contributed by atoms with Gasteiger partial charge in [0.05, 0.1) is 10.2 Å². The van der Waals surface area contributed by atoms with Crippen LogP contribution >= 0.6 is 11.3 Å². The lowest BCUT2D eigenvalue weighted by molar-refractivity contribution is -0.127. The third-order valence-corrected chi connectivity index (χ3v) is 5.51. The third-order valence-electron chi connectivity index (χ3n) is 4.23. The zero-order chi connectivity index (χ0) is 17.6. The molecule has 2 aromatic carbocycles. The number of benzene rings is 2. The molecule has 2 heterocycles. The van der Waals surface area contributed by atoms with Gasteiger partial charge in [-0.15, -0.1) is 0 Å². The standard InChI is InChI=1S/C19H18N2O3S/c1-11-8-12(2)17-13(9-11)21(3)19(25-17)20-18(22)16-10-23-14-6-4-5-7-15(14)24-16/h4-9,16H,10H2,1-3H3/t16-/m1/s1. The van der Waals surface area contributed by atoms with Gasteiger partial charge >= 0.3 is 0 Å². The van der Waals surface area contributed by atoms with Crippen molar-refractivity contribution in [2.75, 3.05) is 6.61 Å². The van der Waals surface area contributed by atoms with Crippen LogP contribution < -0.4 is 14.3 Å². The van der Waals surface area contributed by atoms with Crippen molar-refractivity contribution in [3.63, 3.8) is 0 Å². The summed E-state index contributed by atoms with van der Waals surface area (Å²) in [7, 11) is 1.93. The van der Waals surface area contributed by atoms with E-state index in [0.717, 1.165) is 10.2 Å². The number of nitrogens with zero attached hydrogens (tertiary/aromatic N) is 2. The second kappa shape index (κ2) is 6.04. The van der Waals surface area contributed by atoms with E-state index in [1.54, 1.807) is 6.07 Å². The molecule has 0 saturated heterocycles. The van der Waals surface area contributed by atoms with Crippen LogP contribution in [0.4, 0.5) is 0 Å². The monoisotopic (exact) mass is 354 g/mol.